The fraction of sp³-hybridized carbons (Fsp3) is 0.667. The molecule has 2 nitrogen and oxygen atoms in total. The normalized spacial score (nSPS) is 11.7. The van der Waals surface area contributed by atoms with Gasteiger partial charge in [0.15, 0.2) is 0 Å². The van der Waals surface area contributed by atoms with Crippen molar-refractivity contribution in [1.29, 1.82) is 0 Å². The maximum absolute atomic E-state index is 9.51. The Kier molecular flexibility index (Phi) is 7.62. The van der Waals surface area contributed by atoms with E-state index in [4.69, 9.17) is 0 Å². The quantitative estimate of drug-likeness (QED) is 0.289. The molecule has 0 amide bonds. The molecule has 0 saturated heterocycles. The Morgan fingerprint density at radius 1 is 1.86 bits per heavy atom. The van der Waals surface area contributed by atoms with Crippen LogP contribution in [0.3, 0.4) is 0 Å². The SMILES string of the molecule is CC(S)C(=O)[O-].[Na+]. The van der Waals surface area contributed by atoms with Crippen LogP contribution in [0.1, 0.15) is 6.92 Å². The standard InChI is InChI=1S/C3H6O2S.Na/c1-2(6)3(4)5;/h2,6H,1H3,(H,4,5);/q;+1/p-1. The van der Waals surface area contributed by atoms with E-state index in [-0.39, 0.29) is 29.6 Å². The number of carbonyl (C=O) groups is 1. The summed E-state index contributed by atoms with van der Waals surface area (Å²) < 4.78 is 0. The summed E-state index contributed by atoms with van der Waals surface area (Å²) in [6.07, 6.45) is 0. The predicted molar refractivity (Wildman–Crippen MR) is 23.5 cm³/mol. The van der Waals surface area contributed by atoms with E-state index in [9.17, 15) is 9.90 Å². The predicted octanol–water partition coefficient (Wildman–Crippen LogP) is -3.94. The second-order valence-electron chi connectivity index (χ2n) is 0.995. The number of hydrogen-bond acceptors (Lipinski definition) is 3. The van der Waals surface area contributed by atoms with Gasteiger partial charge < -0.3 is 9.90 Å². The van der Waals surface area contributed by atoms with Gasteiger partial charge >= 0.3 is 29.6 Å². The van der Waals surface area contributed by atoms with Gasteiger partial charge in [0.05, 0.1) is 5.97 Å². The molecule has 0 aliphatic heterocycles. The first-order chi connectivity index (χ1) is 2.64. The Labute approximate surface area is 70.0 Å². The first-order valence-electron chi connectivity index (χ1n) is 1.53. The van der Waals surface area contributed by atoms with Gasteiger partial charge in [-0.2, -0.15) is 12.6 Å². The molecule has 1 atom stereocenters. The fourth-order valence-electron chi connectivity index (χ4n) is 0. The smallest absolute Gasteiger partial charge is 0.549 e. The Balaban J connectivity index is 0. The number of hydrogen-bond donors (Lipinski definition) is 1. The number of rotatable bonds is 1. The van der Waals surface area contributed by atoms with Gasteiger partial charge in [-0.3, -0.25) is 0 Å². The van der Waals surface area contributed by atoms with Crippen LogP contribution < -0.4 is 34.7 Å². The Morgan fingerprint density at radius 2 is 2.00 bits per heavy atom. The molecule has 0 aromatic carbocycles. The molecule has 0 fully saturated rings. The molecule has 0 N–H and O–H groups in total. The van der Waals surface area contributed by atoms with Crippen molar-refractivity contribution in [2.75, 3.05) is 0 Å². The zero-order valence-electron chi connectivity index (χ0n) is 4.34. The summed E-state index contributed by atoms with van der Waals surface area (Å²) in [4.78, 5) is 9.51. The van der Waals surface area contributed by atoms with Gasteiger partial charge in [0.2, 0.25) is 0 Å². The molecule has 0 rings (SSSR count). The van der Waals surface area contributed by atoms with Crippen LogP contribution in [0.4, 0.5) is 0 Å². The van der Waals surface area contributed by atoms with Crippen LogP contribution in [0.5, 0.6) is 0 Å². The van der Waals surface area contributed by atoms with E-state index in [2.05, 4.69) is 12.6 Å². The maximum atomic E-state index is 9.51. The number of carboxylic acids is 1. The minimum absolute atomic E-state index is 0. The van der Waals surface area contributed by atoms with E-state index in [0.29, 0.717) is 0 Å². The molecule has 0 radical (unpaired) electrons. The van der Waals surface area contributed by atoms with Crippen LogP contribution in [-0.4, -0.2) is 11.2 Å². The van der Waals surface area contributed by atoms with Gasteiger partial charge in [-0.25, -0.2) is 0 Å². The first-order valence-corrected chi connectivity index (χ1v) is 2.05. The summed E-state index contributed by atoms with van der Waals surface area (Å²) in [7, 11) is 0. The molecule has 0 aliphatic rings. The van der Waals surface area contributed by atoms with Crippen molar-refractivity contribution in [3.05, 3.63) is 0 Å². The van der Waals surface area contributed by atoms with Crippen LogP contribution in [0.15, 0.2) is 0 Å². The van der Waals surface area contributed by atoms with Crippen LogP contribution >= 0.6 is 12.6 Å². The monoisotopic (exact) mass is 128 g/mol. The van der Waals surface area contributed by atoms with E-state index in [1.54, 1.807) is 0 Å². The topological polar surface area (TPSA) is 40.1 Å². The summed E-state index contributed by atoms with van der Waals surface area (Å²) >= 11 is 3.53. The second kappa shape index (κ2) is 4.97. The molecule has 0 aliphatic carbocycles. The van der Waals surface area contributed by atoms with Crippen LogP contribution in [0.2, 0.25) is 0 Å². The summed E-state index contributed by atoms with van der Waals surface area (Å²) in [5.41, 5.74) is 0. The van der Waals surface area contributed by atoms with E-state index < -0.39 is 11.2 Å². The third-order valence-electron chi connectivity index (χ3n) is 0.341. The number of carbonyl (C=O) groups excluding carboxylic acids is 1. The van der Waals surface area contributed by atoms with E-state index >= 15 is 0 Å². The summed E-state index contributed by atoms with van der Waals surface area (Å²) in [5, 5.41) is 8.86. The zero-order valence-corrected chi connectivity index (χ0v) is 7.24. The largest absolute Gasteiger partial charge is 1.00 e. The minimum atomic E-state index is -1.13. The molecule has 0 heterocycles. The number of thiol groups is 1. The molecule has 0 saturated carbocycles. The van der Waals surface area contributed by atoms with Crippen molar-refractivity contribution in [3.63, 3.8) is 0 Å². The molecular formula is C3H5NaO2S. The maximum Gasteiger partial charge on any atom is 1.00 e. The van der Waals surface area contributed by atoms with Gasteiger partial charge in [0.25, 0.3) is 0 Å². The molecule has 0 bridgehead atoms. The average molecular weight is 128 g/mol. The molecule has 36 valence electrons. The fourth-order valence-corrected chi connectivity index (χ4v) is 0. The third kappa shape index (κ3) is 6.82. The van der Waals surface area contributed by atoms with Gasteiger partial charge in [-0.15, -0.1) is 0 Å². The minimum Gasteiger partial charge on any atom is -0.549 e. The number of aliphatic carboxylic acids is 1. The van der Waals surface area contributed by atoms with E-state index in [1.807, 2.05) is 0 Å². The number of carboxylic acid groups (broad SMARTS) is 1. The Hall–Kier alpha value is 0.820. The van der Waals surface area contributed by atoms with Gasteiger partial charge in [0, 0.05) is 5.25 Å². The van der Waals surface area contributed by atoms with Gasteiger partial charge in [0.1, 0.15) is 0 Å². The molecule has 0 aromatic heterocycles. The second-order valence-corrected chi connectivity index (χ2v) is 1.77. The van der Waals surface area contributed by atoms with Gasteiger partial charge in [-0.1, -0.05) is 0 Å². The zero-order chi connectivity index (χ0) is 5.15. The molecular weight excluding hydrogens is 123 g/mol. The van der Waals surface area contributed by atoms with Crippen LogP contribution in [-0.2, 0) is 4.79 Å². The molecule has 0 spiro atoms. The summed E-state index contributed by atoms with van der Waals surface area (Å²) in [6, 6.07) is 0. The van der Waals surface area contributed by atoms with Gasteiger partial charge in [-0.05, 0) is 6.92 Å². The molecule has 1 unspecified atom stereocenters. The summed E-state index contributed by atoms with van der Waals surface area (Å²) in [6.45, 7) is 1.44. The van der Waals surface area contributed by atoms with Crippen molar-refractivity contribution >= 4 is 18.6 Å². The van der Waals surface area contributed by atoms with Crippen molar-refractivity contribution in [3.8, 4) is 0 Å². The van der Waals surface area contributed by atoms with Crippen molar-refractivity contribution in [2.45, 2.75) is 12.2 Å². The summed E-state index contributed by atoms with van der Waals surface area (Å²) in [5.74, 6) is -1.13. The Bertz CT molecular complexity index is 64.0. The Morgan fingerprint density at radius 3 is 2.00 bits per heavy atom. The van der Waals surface area contributed by atoms with Crippen molar-refractivity contribution in [1.82, 2.24) is 0 Å². The first kappa shape index (κ1) is 10.7. The van der Waals surface area contributed by atoms with E-state index in [1.165, 1.54) is 6.92 Å². The van der Waals surface area contributed by atoms with E-state index in [0.717, 1.165) is 0 Å². The van der Waals surface area contributed by atoms with Crippen LogP contribution in [0.25, 0.3) is 0 Å². The van der Waals surface area contributed by atoms with Crippen molar-refractivity contribution in [2.24, 2.45) is 0 Å². The van der Waals surface area contributed by atoms with Crippen LogP contribution in [0, 0.1) is 0 Å². The van der Waals surface area contributed by atoms with Crippen molar-refractivity contribution < 1.29 is 39.5 Å². The third-order valence-corrected chi connectivity index (χ3v) is 0.552. The average Bonchev–Trinajstić information content (AvgIpc) is 1.36. The molecule has 7 heavy (non-hydrogen) atoms. The molecule has 4 heteroatoms. The molecule has 0 aromatic rings.